The van der Waals surface area contributed by atoms with Crippen molar-refractivity contribution in [1.29, 1.82) is 5.41 Å². The molecule has 2 aromatic rings. The van der Waals surface area contributed by atoms with Crippen LogP contribution < -0.4 is 11.1 Å². The number of aromatic nitrogens is 1. The molecule has 1 fully saturated rings. The maximum Gasteiger partial charge on any atom is 0.254 e. The first-order valence-corrected chi connectivity index (χ1v) is 8.98. The van der Waals surface area contributed by atoms with E-state index in [1.165, 1.54) is 0 Å². The fraction of sp³-hybridized carbons (Fsp3) is 0.286. The lowest BCUT2D eigenvalue weighted by molar-refractivity contribution is 0.0792. The van der Waals surface area contributed by atoms with Crippen LogP contribution in [0.4, 0.5) is 5.82 Å². The number of carbonyl (C=O) groups is 1. The molecule has 0 spiro atoms. The van der Waals surface area contributed by atoms with Gasteiger partial charge in [-0.3, -0.25) is 10.2 Å². The number of pyridine rings is 1. The van der Waals surface area contributed by atoms with Crippen LogP contribution in [0.1, 0.15) is 39.9 Å². The molecule has 4 N–H and O–H groups in total. The zero-order valence-electron chi connectivity index (χ0n) is 15.4. The number of nitrogens with two attached hydrogens (primary N) is 1. The highest BCUT2D eigenvalue weighted by molar-refractivity contribution is 5.96. The van der Waals surface area contributed by atoms with E-state index in [9.17, 15) is 4.79 Å². The number of benzene rings is 1. The molecular weight excluding hydrogens is 338 g/mol. The maximum absolute atomic E-state index is 12.5. The number of aryl methyl sites for hydroxylation is 1. The quantitative estimate of drug-likeness (QED) is 0.443. The third-order valence-electron chi connectivity index (χ3n) is 4.52. The Bertz CT molecular complexity index is 902. The van der Waals surface area contributed by atoms with Crippen LogP contribution >= 0.6 is 0 Å². The number of carbonyl (C=O) groups excluding carboxylic acids is 1. The number of rotatable bonds is 4. The van der Waals surface area contributed by atoms with Gasteiger partial charge in [0.15, 0.2) is 0 Å². The van der Waals surface area contributed by atoms with Gasteiger partial charge in [-0.25, -0.2) is 4.98 Å². The summed E-state index contributed by atoms with van der Waals surface area (Å²) in [7, 11) is 0. The summed E-state index contributed by atoms with van der Waals surface area (Å²) in [4.78, 5) is 18.6. The van der Waals surface area contributed by atoms with Gasteiger partial charge < -0.3 is 16.0 Å². The molecule has 0 bridgehead atoms. The van der Waals surface area contributed by atoms with Gasteiger partial charge in [-0.05, 0) is 55.7 Å². The molecular formula is C21H23N5O. The van der Waals surface area contributed by atoms with Gasteiger partial charge in [0.25, 0.3) is 5.91 Å². The van der Waals surface area contributed by atoms with E-state index in [2.05, 4.69) is 22.1 Å². The highest BCUT2D eigenvalue weighted by Gasteiger charge is 2.20. The zero-order valence-corrected chi connectivity index (χ0v) is 15.4. The third kappa shape index (κ3) is 4.64. The van der Waals surface area contributed by atoms with Crippen molar-refractivity contribution in [2.75, 3.05) is 25.0 Å². The van der Waals surface area contributed by atoms with Gasteiger partial charge in [0.2, 0.25) is 0 Å². The number of likely N-dealkylation sites (tertiary alicyclic amines) is 1. The van der Waals surface area contributed by atoms with Crippen molar-refractivity contribution >= 4 is 17.6 Å². The topological polar surface area (TPSA) is 95.1 Å². The molecule has 1 aliphatic heterocycles. The van der Waals surface area contributed by atoms with Crippen molar-refractivity contribution in [1.82, 2.24) is 9.88 Å². The van der Waals surface area contributed by atoms with Crippen molar-refractivity contribution in [3.63, 3.8) is 0 Å². The van der Waals surface area contributed by atoms with Gasteiger partial charge in [0.1, 0.15) is 11.7 Å². The first kappa shape index (κ1) is 18.5. The molecule has 1 aliphatic rings. The van der Waals surface area contributed by atoms with Crippen LogP contribution in [-0.2, 0) is 0 Å². The zero-order chi connectivity index (χ0) is 19.2. The minimum atomic E-state index is -0.00382. The summed E-state index contributed by atoms with van der Waals surface area (Å²) in [6.07, 6.45) is 3.74. The van der Waals surface area contributed by atoms with Crippen LogP contribution in [-0.4, -0.2) is 41.3 Å². The van der Waals surface area contributed by atoms with Crippen LogP contribution in [0, 0.1) is 24.2 Å². The lowest BCUT2D eigenvalue weighted by Crippen LogP contribution is -2.28. The number of nitrogens with one attached hydrogen (secondary N) is 2. The summed E-state index contributed by atoms with van der Waals surface area (Å²) in [5.41, 5.74) is 8.59. The second kappa shape index (κ2) is 8.37. The van der Waals surface area contributed by atoms with Crippen LogP contribution in [0.3, 0.4) is 0 Å². The Kier molecular flexibility index (Phi) is 5.72. The molecule has 1 saturated heterocycles. The van der Waals surface area contributed by atoms with E-state index in [-0.39, 0.29) is 11.7 Å². The number of amides is 1. The molecule has 0 saturated carbocycles. The summed E-state index contributed by atoms with van der Waals surface area (Å²) in [5.74, 6) is 6.95. The fourth-order valence-electron chi connectivity index (χ4n) is 3.01. The van der Waals surface area contributed by atoms with E-state index in [1.54, 1.807) is 18.3 Å². The average Bonchev–Trinajstić information content (AvgIpc) is 3.20. The molecule has 2 heterocycles. The minimum Gasteiger partial charge on any atom is -0.384 e. The molecule has 0 radical (unpaired) electrons. The molecule has 6 heteroatoms. The van der Waals surface area contributed by atoms with Crippen molar-refractivity contribution in [3.05, 3.63) is 58.8 Å². The Hall–Kier alpha value is -3.33. The number of hydrogen-bond donors (Lipinski definition) is 3. The number of nitrogens with zero attached hydrogens (tertiary/aromatic N) is 2. The summed E-state index contributed by atoms with van der Waals surface area (Å²) < 4.78 is 0. The molecule has 1 amide bonds. The second-order valence-corrected chi connectivity index (χ2v) is 6.53. The number of nitrogen functional groups attached to an aromatic ring is 1. The van der Waals surface area contributed by atoms with E-state index in [0.29, 0.717) is 17.9 Å². The minimum absolute atomic E-state index is 0.00382. The molecule has 138 valence electrons. The molecule has 27 heavy (non-hydrogen) atoms. The first-order valence-electron chi connectivity index (χ1n) is 8.98. The van der Waals surface area contributed by atoms with Gasteiger partial charge in [0, 0.05) is 36.0 Å². The predicted octanol–water partition coefficient (Wildman–Crippen LogP) is 2.37. The monoisotopic (exact) mass is 361 g/mol. The highest BCUT2D eigenvalue weighted by atomic mass is 16.2. The van der Waals surface area contributed by atoms with Crippen LogP contribution in [0.15, 0.2) is 36.5 Å². The smallest absolute Gasteiger partial charge is 0.254 e. The largest absolute Gasteiger partial charge is 0.384 e. The van der Waals surface area contributed by atoms with E-state index < -0.39 is 0 Å². The molecule has 3 rings (SSSR count). The van der Waals surface area contributed by atoms with Gasteiger partial charge in [0.05, 0.1) is 6.54 Å². The van der Waals surface area contributed by atoms with Gasteiger partial charge in [-0.1, -0.05) is 11.8 Å². The standard InChI is InChI=1S/C21H23N5O/c1-15-13-16(6-8-18(15)21(27)26-11-2-3-12-26)5-4-10-24-19-9-7-17(14-25-19)20(22)23/h6-9,13-14H,2-3,10-12H2,1H3,(H3,22,23)(H,24,25). The van der Waals surface area contributed by atoms with Gasteiger partial charge in [-0.15, -0.1) is 0 Å². The van der Waals surface area contributed by atoms with E-state index >= 15 is 0 Å². The normalized spacial score (nSPS) is 13.0. The Balaban J connectivity index is 1.59. The van der Waals surface area contributed by atoms with Gasteiger partial charge >= 0.3 is 0 Å². The Morgan fingerprint density at radius 2 is 2.07 bits per heavy atom. The molecule has 1 aromatic heterocycles. The van der Waals surface area contributed by atoms with Crippen LogP contribution in [0.25, 0.3) is 0 Å². The average molecular weight is 361 g/mol. The fourth-order valence-corrected chi connectivity index (χ4v) is 3.01. The van der Waals surface area contributed by atoms with Crippen molar-refractivity contribution in [2.45, 2.75) is 19.8 Å². The summed E-state index contributed by atoms with van der Waals surface area (Å²) in [6.45, 7) is 4.10. The lowest BCUT2D eigenvalue weighted by Gasteiger charge is -2.16. The number of hydrogen-bond acceptors (Lipinski definition) is 4. The lowest BCUT2D eigenvalue weighted by atomic mass is 10.0. The van der Waals surface area contributed by atoms with Crippen LogP contribution in [0.5, 0.6) is 0 Å². The number of anilines is 1. The Morgan fingerprint density at radius 1 is 1.30 bits per heavy atom. The summed E-state index contributed by atoms with van der Waals surface area (Å²) in [6, 6.07) is 9.22. The molecule has 0 aliphatic carbocycles. The van der Waals surface area contributed by atoms with Crippen LogP contribution in [0.2, 0.25) is 0 Å². The number of amidine groups is 1. The van der Waals surface area contributed by atoms with E-state index in [4.69, 9.17) is 11.1 Å². The van der Waals surface area contributed by atoms with E-state index in [0.717, 1.165) is 42.6 Å². The Labute approximate surface area is 159 Å². The van der Waals surface area contributed by atoms with Crippen molar-refractivity contribution < 1.29 is 4.79 Å². The molecule has 0 atom stereocenters. The highest BCUT2D eigenvalue weighted by Crippen LogP contribution is 2.17. The third-order valence-corrected chi connectivity index (χ3v) is 4.52. The SMILES string of the molecule is Cc1cc(C#CCNc2ccc(C(=N)N)cn2)ccc1C(=O)N1CCCC1. The van der Waals surface area contributed by atoms with E-state index in [1.807, 2.05) is 30.0 Å². The van der Waals surface area contributed by atoms with Crippen molar-refractivity contribution in [3.8, 4) is 11.8 Å². The first-order chi connectivity index (χ1) is 13.0. The maximum atomic E-state index is 12.5. The molecule has 1 aromatic carbocycles. The molecule has 6 nitrogen and oxygen atoms in total. The van der Waals surface area contributed by atoms with Gasteiger partial charge in [-0.2, -0.15) is 0 Å². The summed E-state index contributed by atoms with van der Waals surface area (Å²) in [5, 5.41) is 10.5. The van der Waals surface area contributed by atoms with Crippen molar-refractivity contribution in [2.24, 2.45) is 5.73 Å². The summed E-state index contributed by atoms with van der Waals surface area (Å²) >= 11 is 0. The molecule has 0 unspecified atom stereocenters. The predicted molar refractivity (Wildman–Crippen MR) is 107 cm³/mol. The Morgan fingerprint density at radius 3 is 2.70 bits per heavy atom. The second-order valence-electron chi connectivity index (χ2n) is 6.53.